The summed E-state index contributed by atoms with van der Waals surface area (Å²) < 4.78 is 34.7. The summed E-state index contributed by atoms with van der Waals surface area (Å²) in [5.41, 5.74) is 1.00. The highest BCUT2D eigenvalue weighted by Gasteiger charge is 2.21. The van der Waals surface area contributed by atoms with Gasteiger partial charge in [0.2, 0.25) is 0 Å². The Morgan fingerprint density at radius 3 is 2.61 bits per heavy atom. The fourth-order valence-corrected chi connectivity index (χ4v) is 4.52. The second kappa shape index (κ2) is 11.1. The molecule has 3 N–H and O–H groups in total. The minimum absolute atomic E-state index is 0.117. The summed E-state index contributed by atoms with van der Waals surface area (Å²) in [7, 11) is -1.24. The molecule has 0 radical (unpaired) electrons. The van der Waals surface area contributed by atoms with Gasteiger partial charge in [0.05, 0.1) is 12.7 Å². The maximum absolute atomic E-state index is 12.6. The lowest BCUT2D eigenvalue weighted by Crippen LogP contribution is -2.29. The van der Waals surface area contributed by atoms with Crippen LogP contribution in [0.15, 0.2) is 41.3 Å². The van der Waals surface area contributed by atoms with Gasteiger partial charge in [-0.25, -0.2) is 13.1 Å². The van der Waals surface area contributed by atoms with Crippen molar-refractivity contribution in [3.05, 3.63) is 58.1 Å². The second-order valence-corrected chi connectivity index (χ2v) is 9.09. The number of carbonyl (C=O) groups is 2. The van der Waals surface area contributed by atoms with E-state index >= 15 is 0 Å². The minimum Gasteiger partial charge on any atom is -0.496 e. The lowest BCUT2D eigenvalue weighted by Gasteiger charge is -2.12. The van der Waals surface area contributed by atoms with E-state index in [9.17, 15) is 18.0 Å². The Labute approximate surface area is 190 Å². The largest absolute Gasteiger partial charge is 0.496 e. The molecule has 164 valence electrons. The van der Waals surface area contributed by atoms with E-state index in [1.54, 1.807) is 18.2 Å². The standard InChI is InChI=1S/C20H20ClN3O5S2/c1-4-14-6-5-13(11-18(14)31(27,28)24-20(26)30-22-2)9-10-23-19(25)16-12-15(21)7-8-17(16)29-3/h1,5-8,11-12,22H,9-10H2,2-3H3,(H,23,25)(H,24,26). The molecule has 31 heavy (non-hydrogen) atoms. The van der Waals surface area contributed by atoms with Gasteiger partial charge in [-0.05, 0) is 49.4 Å². The number of sulfonamides is 1. The van der Waals surface area contributed by atoms with Crippen LogP contribution < -0.4 is 19.5 Å². The molecule has 0 fully saturated rings. The number of rotatable bonds is 8. The van der Waals surface area contributed by atoms with Crippen LogP contribution in [-0.4, -0.2) is 40.3 Å². The average Bonchev–Trinajstić information content (AvgIpc) is 2.73. The van der Waals surface area contributed by atoms with Gasteiger partial charge in [0.25, 0.3) is 15.9 Å². The molecule has 0 aromatic heterocycles. The minimum atomic E-state index is -4.17. The van der Waals surface area contributed by atoms with Crippen LogP contribution in [0.3, 0.4) is 0 Å². The Kier molecular flexibility index (Phi) is 8.76. The van der Waals surface area contributed by atoms with E-state index in [1.165, 1.54) is 32.4 Å². The number of methoxy groups -OCH3 is 1. The molecule has 0 atom stereocenters. The maximum atomic E-state index is 12.6. The van der Waals surface area contributed by atoms with Crippen molar-refractivity contribution in [3.8, 4) is 18.1 Å². The zero-order valence-corrected chi connectivity index (χ0v) is 19.1. The molecule has 0 aliphatic carbocycles. The van der Waals surface area contributed by atoms with Gasteiger partial charge >= 0.3 is 5.24 Å². The van der Waals surface area contributed by atoms with Gasteiger partial charge in [0.1, 0.15) is 10.6 Å². The molecule has 0 heterocycles. The molecular weight excluding hydrogens is 462 g/mol. The number of hydrogen-bond acceptors (Lipinski definition) is 7. The molecule has 0 saturated carbocycles. The van der Waals surface area contributed by atoms with Gasteiger partial charge in [0.15, 0.2) is 0 Å². The van der Waals surface area contributed by atoms with Crippen LogP contribution in [0.25, 0.3) is 0 Å². The molecule has 2 aromatic rings. The van der Waals surface area contributed by atoms with Gasteiger partial charge in [-0.15, -0.1) is 6.42 Å². The number of carbonyl (C=O) groups excluding carboxylic acids is 2. The van der Waals surface area contributed by atoms with Gasteiger partial charge in [-0.1, -0.05) is 23.6 Å². The fourth-order valence-electron chi connectivity index (χ4n) is 2.62. The summed E-state index contributed by atoms with van der Waals surface area (Å²) in [5.74, 6) is 2.29. The van der Waals surface area contributed by atoms with Crippen molar-refractivity contribution in [2.24, 2.45) is 0 Å². The quantitative estimate of drug-likeness (QED) is 0.392. The maximum Gasteiger partial charge on any atom is 0.307 e. The highest BCUT2D eigenvalue weighted by Crippen LogP contribution is 2.22. The first-order chi connectivity index (χ1) is 14.7. The first kappa shape index (κ1) is 24.6. The number of terminal acetylenes is 1. The van der Waals surface area contributed by atoms with Crippen LogP contribution in [0.4, 0.5) is 4.79 Å². The Bertz CT molecular complexity index is 1130. The van der Waals surface area contributed by atoms with E-state index in [-0.39, 0.29) is 28.5 Å². The highest BCUT2D eigenvalue weighted by atomic mass is 35.5. The molecule has 0 unspecified atom stereocenters. The Morgan fingerprint density at radius 1 is 1.23 bits per heavy atom. The van der Waals surface area contributed by atoms with Crippen LogP contribution in [-0.2, 0) is 16.4 Å². The highest BCUT2D eigenvalue weighted by molar-refractivity contribution is 8.13. The van der Waals surface area contributed by atoms with Crippen molar-refractivity contribution in [2.75, 3.05) is 20.7 Å². The molecule has 0 spiro atoms. The van der Waals surface area contributed by atoms with E-state index in [4.69, 9.17) is 22.8 Å². The molecule has 0 aliphatic heterocycles. The van der Waals surface area contributed by atoms with Crippen LogP contribution >= 0.6 is 23.5 Å². The van der Waals surface area contributed by atoms with Gasteiger partial charge in [-0.2, -0.15) is 0 Å². The van der Waals surface area contributed by atoms with E-state index in [1.807, 2.05) is 4.72 Å². The van der Waals surface area contributed by atoms with E-state index in [0.29, 0.717) is 34.7 Å². The monoisotopic (exact) mass is 481 g/mol. The molecule has 2 amide bonds. The molecule has 0 aliphatic rings. The Balaban J connectivity index is 2.14. The predicted molar refractivity (Wildman–Crippen MR) is 121 cm³/mol. The van der Waals surface area contributed by atoms with Gasteiger partial charge in [0, 0.05) is 29.1 Å². The molecule has 0 bridgehead atoms. The number of benzene rings is 2. The average molecular weight is 482 g/mol. The second-order valence-electron chi connectivity index (χ2n) is 6.02. The van der Waals surface area contributed by atoms with Crippen LogP contribution in [0, 0.1) is 12.3 Å². The van der Waals surface area contributed by atoms with Crippen molar-refractivity contribution >= 4 is 44.7 Å². The zero-order valence-electron chi connectivity index (χ0n) is 16.7. The molecule has 2 aromatic carbocycles. The first-order valence-electron chi connectivity index (χ1n) is 8.83. The SMILES string of the molecule is C#Cc1ccc(CCNC(=O)c2cc(Cl)ccc2OC)cc1S(=O)(=O)NC(=O)SNC. The third-order valence-corrected chi connectivity index (χ3v) is 6.24. The third kappa shape index (κ3) is 6.63. The fraction of sp³-hybridized carbons (Fsp3) is 0.200. The number of amides is 2. The number of halogens is 1. The van der Waals surface area contributed by atoms with E-state index in [0.717, 1.165) is 0 Å². The summed E-state index contributed by atoms with van der Waals surface area (Å²) in [4.78, 5) is 23.9. The molecule has 11 heteroatoms. The van der Waals surface area contributed by atoms with E-state index in [2.05, 4.69) is 16.0 Å². The number of ether oxygens (including phenoxy) is 1. The third-order valence-electron chi connectivity index (χ3n) is 4.01. The van der Waals surface area contributed by atoms with Gasteiger partial charge < -0.3 is 10.1 Å². The van der Waals surface area contributed by atoms with Crippen LogP contribution in [0.5, 0.6) is 5.75 Å². The van der Waals surface area contributed by atoms with Gasteiger partial charge in [-0.3, -0.25) is 14.3 Å². The smallest absolute Gasteiger partial charge is 0.307 e. The Hall–Kier alpha value is -2.71. The lowest BCUT2D eigenvalue weighted by molar-refractivity contribution is 0.0951. The summed E-state index contributed by atoms with van der Waals surface area (Å²) in [6.45, 7) is 0.214. The van der Waals surface area contributed by atoms with Crippen molar-refractivity contribution < 1.29 is 22.7 Å². The molecule has 2 rings (SSSR count). The lowest BCUT2D eigenvalue weighted by atomic mass is 10.1. The Morgan fingerprint density at radius 2 is 1.97 bits per heavy atom. The number of hydrogen-bond donors (Lipinski definition) is 3. The molecular formula is C20H20ClN3O5S2. The van der Waals surface area contributed by atoms with Crippen LogP contribution in [0.1, 0.15) is 21.5 Å². The number of nitrogens with one attached hydrogen (secondary N) is 3. The summed E-state index contributed by atoms with van der Waals surface area (Å²) in [5, 5.41) is 2.34. The topological polar surface area (TPSA) is 114 Å². The van der Waals surface area contributed by atoms with Crippen molar-refractivity contribution in [2.45, 2.75) is 11.3 Å². The summed E-state index contributed by atoms with van der Waals surface area (Å²) in [6, 6.07) is 9.20. The molecule has 8 nitrogen and oxygen atoms in total. The van der Waals surface area contributed by atoms with Crippen molar-refractivity contribution in [1.82, 2.24) is 14.8 Å². The van der Waals surface area contributed by atoms with Crippen LogP contribution in [0.2, 0.25) is 5.02 Å². The first-order valence-corrected chi connectivity index (χ1v) is 11.5. The summed E-state index contributed by atoms with van der Waals surface area (Å²) in [6.07, 6.45) is 5.73. The zero-order chi connectivity index (χ0) is 23.0. The van der Waals surface area contributed by atoms with Crippen molar-refractivity contribution in [3.63, 3.8) is 0 Å². The predicted octanol–water partition coefficient (Wildman–Crippen LogP) is 2.57. The molecule has 0 saturated heterocycles. The summed E-state index contributed by atoms with van der Waals surface area (Å²) >= 11 is 6.54. The van der Waals surface area contributed by atoms with E-state index < -0.39 is 15.3 Å². The van der Waals surface area contributed by atoms with Crippen molar-refractivity contribution in [1.29, 1.82) is 0 Å². The normalized spacial score (nSPS) is 10.8.